The third kappa shape index (κ3) is 3.90. The molecule has 0 aliphatic heterocycles. The van der Waals surface area contributed by atoms with E-state index in [4.69, 9.17) is 10.2 Å². The Morgan fingerprint density at radius 3 is 2.71 bits per heavy atom. The van der Waals surface area contributed by atoms with Gasteiger partial charge >= 0.3 is 0 Å². The number of aryl methyl sites for hydroxylation is 1. The number of hydrogen-bond donors (Lipinski definition) is 2. The topological polar surface area (TPSA) is 85.3 Å². The molecule has 3 N–H and O–H groups in total. The lowest BCUT2D eigenvalue weighted by molar-refractivity contribution is 0.478. The zero-order valence-corrected chi connectivity index (χ0v) is 12.4. The smallest absolute Gasteiger partial charge is 0.244 e. The molecule has 0 aliphatic rings. The van der Waals surface area contributed by atoms with E-state index in [9.17, 15) is 12.8 Å². The van der Waals surface area contributed by atoms with Crippen LogP contribution in [0.3, 0.4) is 0 Å². The Hall–Kier alpha value is -1.70. The van der Waals surface area contributed by atoms with Crippen LogP contribution in [-0.4, -0.2) is 15.0 Å². The molecule has 5 nitrogen and oxygen atoms in total. The number of benzene rings is 1. The average Bonchev–Trinajstić information content (AvgIpc) is 2.81. The van der Waals surface area contributed by atoms with Gasteiger partial charge in [0.05, 0.1) is 6.54 Å². The quantitative estimate of drug-likeness (QED) is 0.850. The molecular formula is C14H17FN2O3S. The average molecular weight is 312 g/mol. The van der Waals surface area contributed by atoms with Gasteiger partial charge in [-0.05, 0) is 31.0 Å². The fourth-order valence-electron chi connectivity index (χ4n) is 1.99. The number of rotatable bonds is 6. The van der Waals surface area contributed by atoms with E-state index in [1.165, 1.54) is 18.2 Å². The van der Waals surface area contributed by atoms with Crippen molar-refractivity contribution < 1.29 is 17.2 Å². The Balaban J connectivity index is 2.03. The van der Waals surface area contributed by atoms with Crippen LogP contribution >= 0.6 is 0 Å². The first-order valence-electron chi connectivity index (χ1n) is 6.46. The van der Waals surface area contributed by atoms with Gasteiger partial charge in [-0.25, -0.2) is 17.5 Å². The Morgan fingerprint density at radius 1 is 1.33 bits per heavy atom. The molecule has 21 heavy (non-hydrogen) atoms. The highest BCUT2D eigenvalue weighted by atomic mass is 32.2. The molecule has 0 unspecified atom stereocenters. The predicted octanol–water partition coefficient (Wildman–Crippen LogP) is 1.71. The van der Waals surface area contributed by atoms with Crippen LogP contribution in [0.5, 0.6) is 0 Å². The summed E-state index contributed by atoms with van der Waals surface area (Å²) in [6.07, 6.45) is 0.400. The third-order valence-electron chi connectivity index (χ3n) is 3.01. The summed E-state index contributed by atoms with van der Waals surface area (Å²) in [6, 6.07) is 7.47. The van der Waals surface area contributed by atoms with Crippen molar-refractivity contribution in [2.45, 2.75) is 24.8 Å². The van der Waals surface area contributed by atoms with Crippen molar-refractivity contribution in [1.29, 1.82) is 0 Å². The lowest BCUT2D eigenvalue weighted by Crippen LogP contribution is -2.26. The molecule has 1 aromatic carbocycles. The maximum absolute atomic E-state index is 13.0. The first-order chi connectivity index (χ1) is 9.92. The minimum absolute atomic E-state index is 0.0854. The maximum atomic E-state index is 13.0. The molecule has 1 aromatic heterocycles. The Kier molecular flexibility index (Phi) is 4.76. The maximum Gasteiger partial charge on any atom is 0.244 e. The van der Waals surface area contributed by atoms with Gasteiger partial charge in [0.1, 0.15) is 22.2 Å². The van der Waals surface area contributed by atoms with Gasteiger partial charge in [-0.3, -0.25) is 0 Å². The summed E-state index contributed by atoms with van der Waals surface area (Å²) < 4.78 is 45.0. The van der Waals surface area contributed by atoms with Gasteiger partial charge < -0.3 is 10.2 Å². The van der Waals surface area contributed by atoms with Crippen LogP contribution in [0.25, 0.3) is 0 Å². The van der Waals surface area contributed by atoms with E-state index in [0.717, 1.165) is 5.56 Å². The molecule has 7 heteroatoms. The first kappa shape index (κ1) is 15.7. The number of sulfonamides is 1. The van der Waals surface area contributed by atoms with Crippen molar-refractivity contribution in [1.82, 2.24) is 4.72 Å². The van der Waals surface area contributed by atoms with Crippen LogP contribution in [0.4, 0.5) is 4.39 Å². The summed E-state index contributed by atoms with van der Waals surface area (Å²) in [5.41, 5.74) is 6.15. The number of furan rings is 1. The summed E-state index contributed by atoms with van der Waals surface area (Å²) >= 11 is 0. The fraction of sp³-hybridized carbons (Fsp3) is 0.286. The number of nitrogens with one attached hydrogen (secondary N) is 1. The molecule has 0 saturated heterocycles. The summed E-state index contributed by atoms with van der Waals surface area (Å²) in [5.74, 6) is 0.375. The van der Waals surface area contributed by atoms with E-state index < -0.39 is 10.0 Å². The van der Waals surface area contributed by atoms with Crippen molar-refractivity contribution >= 4 is 10.0 Å². The van der Waals surface area contributed by atoms with Crippen LogP contribution in [0.15, 0.2) is 39.6 Å². The zero-order valence-electron chi connectivity index (χ0n) is 11.6. The number of hydrogen-bond acceptors (Lipinski definition) is 4. The van der Waals surface area contributed by atoms with Crippen LogP contribution in [0.2, 0.25) is 0 Å². The highest BCUT2D eigenvalue weighted by Crippen LogP contribution is 2.19. The molecule has 0 fully saturated rings. The van der Waals surface area contributed by atoms with Crippen molar-refractivity contribution in [3.8, 4) is 0 Å². The summed E-state index contributed by atoms with van der Waals surface area (Å²) in [7, 11) is -3.65. The Bertz CT molecular complexity index is 726. The van der Waals surface area contributed by atoms with E-state index in [1.54, 1.807) is 19.1 Å². The Morgan fingerprint density at radius 2 is 2.10 bits per heavy atom. The Labute approximate surface area is 123 Å². The molecule has 0 bridgehead atoms. The highest BCUT2D eigenvalue weighted by molar-refractivity contribution is 7.89. The number of halogens is 1. The SMILES string of the molecule is Cc1oc(CN)cc1S(=O)(=O)NCCc1cccc(F)c1. The van der Waals surface area contributed by atoms with Crippen LogP contribution in [0, 0.1) is 12.7 Å². The van der Waals surface area contributed by atoms with Gasteiger partial charge in [0, 0.05) is 12.6 Å². The second kappa shape index (κ2) is 6.38. The molecule has 2 rings (SSSR count). The minimum Gasteiger partial charge on any atom is -0.464 e. The van der Waals surface area contributed by atoms with Crippen LogP contribution in [-0.2, 0) is 23.0 Å². The molecule has 0 amide bonds. The molecule has 114 valence electrons. The van der Waals surface area contributed by atoms with E-state index in [1.807, 2.05) is 0 Å². The van der Waals surface area contributed by atoms with Gasteiger partial charge in [0.2, 0.25) is 10.0 Å². The first-order valence-corrected chi connectivity index (χ1v) is 7.94. The lowest BCUT2D eigenvalue weighted by Gasteiger charge is -2.05. The third-order valence-corrected chi connectivity index (χ3v) is 4.58. The van der Waals surface area contributed by atoms with Gasteiger partial charge in [-0.15, -0.1) is 0 Å². The van der Waals surface area contributed by atoms with E-state index in [0.29, 0.717) is 17.9 Å². The highest BCUT2D eigenvalue weighted by Gasteiger charge is 2.20. The van der Waals surface area contributed by atoms with Crippen molar-refractivity contribution in [2.24, 2.45) is 5.73 Å². The molecule has 0 radical (unpaired) electrons. The molecular weight excluding hydrogens is 295 g/mol. The normalized spacial score (nSPS) is 11.8. The second-order valence-electron chi connectivity index (χ2n) is 4.61. The van der Waals surface area contributed by atoms with Gasteiger partial charge in [-0.2, -0.15) is 0 Å². The molecule has 0 saturated carbocycles. The fourth-order valence-corrected chi connectivity index (χ4v) is 3.22. The summed E-state index contributed by atoms with van der Waals surface area (Å²) in [6.45, 7) is 1.88. The largest absolute Gasteiger partial charge is 0.464 e. The summed E-state index contributed by atoms with van der Waals surface area (Å²) in [4.78, 5) is 0.0854. The van der Waals surface area contributed by atoms with Crippen molar-refractivity contribution in [3.05, 3.63) is 53.2 Å². The van der Waals surface area contributed by atoms with Gasteiger partial charge in [0.15, 0.2) is 0 Å². The molecule has 0 aliphatic carbocycles. The predicted molar refractivity (Wildman–Crippen MR) is 76.6 cm³/mol. The minimum atomic E-state index is -3.65. The lowest BCUT2D eigenvalue weighted by atomic mass is 10.1. The van der Waals surface area contributed by atoms with E-state index in [-0.39, 0.29) is 23.8 Å². The summed E-state index contributed by atoms with van der Waals surface area (Å²) in [5, 5.41) is 0. The molecule has 0 spiro atoms. The van der Waals surface area contributed by atoms with E-state index in [2.05, 4.69) is 4.72 Å². The standard InChI is InChI=1S/C14H17FN2O3S/c1-10-14(8-13(9-16)20-10)21(18,19)17-6-5-11-3-2-4-12(15)7-11/h2-4,7-8,17H,5-6,9,16H2,1H3. The van der Waals surface area contributed by atoms with Crippen LogP contribution < -0.4 is 10.5 Å². The van der Waals surface area contributed by atoms with Crippen molar-refractivity contribution in [3.63, 3.8) is 0 Å². The van der Waals surface area contributed by atoms with Crippen LogP contribution in [0.1, 0.15) is 17.1 Å². The zero-order chi connectivity index (χ0) is 15.5. The number of nitrogens with two attached hydrogens (primary N) is 1. The molecule has 0 atom stereocenters. The van der Waals surface area contributed by atoms with Gasteiger partial charge in [0.25, 0.3) is 0 Å². The monoisotopic (exact) mass is 312 g/mol. The van der Waals surface area contributed by atoms with E-state index >= 15 is 0 Å². The van der Waals surface area contributed by atoms with Crippen molar-refractivity contribution in [2.75, 3.05) is 6.54 Å². The molecule has 1 heterocycles. The van der Waals surface area contributed by atoms with Gasteiger partial charge in [-0.1, -0.05) is 12.1 Å². The second-order valence-corrected chi connectivity index (χ2v) is 6.35. The molecule has 2 aromatic rings.